The third kappa shape index (κ3) is 3.30. The molecule has 0 aliphatic heterocycles. The monoisotopic (exact) mass is 396 g/mol. The van der Waals surface area contributed by atoms with Gasteiger partial charge in [0, 0.05) is 6.20 Å². The molecular formula is C26H24N2O2. The van der Waals surface area contributed by atoms with Crippen LogP contribution in [0.25, 0.3) is 0 Å². The van der Waals surface area contributed by atoms with Gasteiger partial charge in [-0.1, -0.05) is 91.0 Å². The van der Waals surface area contributed by atoms with E-state index in [2.05, 4.69) is 45.9 Å². The van der Waals surface area contributed by atoms with Crippen molar-refractivity contribution < 1.29 is 9.53 Å². The van der Waals surface area contributed by atoms with Gasteiger partial charge < -0.3 is 9.30 Å². The number of rotatable bonds is 6. The van der Waals surface area contributed by atoms with Gasteiger partial charge in [-0.3, -0.25) is 4.79 Å². The Labute approximate surface area is 176 Å². The number of benzene rings is 3. The Balaban J connectivity index is 2.02. The largest absolute Gasteiger partial charge is 0.469 e. The van der Waals surface area contributed by atoms with Crippen molar-refractivity contribution in [3.8, 4) is 0 Å². The lowest BCUT2D eigenvalue weighted by molar-refractivity contribution is -0.142. The minimum absolute atomic E-state index is 0.301. The van der Waals surface area contributed by atoms with Crippen LogP contribution < -0.4 is 0 Å². The Bertz CT molecular complexity index is 1010. The summed E-state index contributed by atoms with van der Waals surface area (Å²) in [6.45, 7) is 1.81. The molecule has 0 bridgehead atoms. The first-order valence-corrected chi connectivity index (χ1v) is 9.96. The highest BCUT2D eigenvalue weighted by Crippen LogP contribution is 2.41. The summed E-state index contributed by atoms with van der Waals surface area (Å²) in [6.07, 6.45) is 3.76. The van der Waals surface area contributed by atoms with Gasteiger partial charge in [-0.05, 0) is 23.6 Å². The van der Waals surface area contributed by atoms with E-state index in [9.17, 15) is 4.79 Å². The zero-order valence-electron chi connectivity index (χ0n) is 17.1. The lowest BCUT2D eigenvalue weighted by Crippen LogP contribution is -2.37. The normalized spacial score (nSPS) is 12.3. The number of esters is 1. The average molecular weight is 396 g/mol. The Morgan fingerprint density at radius 3 is 1.67 bits per heavy atom. The maximum Gasteiger partial charge on any atom is 0.314 e. The Kier molecular flexibility index (Phi) is 5.48. The number of aromatic nitrogens is 2. The number of methoxy groups -OCH3 is 1. The van der Waals surface area contributed by atoms with E-state index in [1.807, 2.05) is 74.0 Å². The Morgan fingerprint density at radius 2 is 1.27 bits per heavy atom. The van der Waals surface area contributed by atoms with E-state index in [1.165, 1.54) is 7.11 Å². The van der Waals surface area contributed by atoms with Gasteiger partial charge in [0.1, 0.15) is 5.54 Å². The second-order valence-corrected chi connectivity index (χ2v) is 7.26. The van der Waals surface area contributed by atoms with Crippen LogP contribution in [-0.2, 0) is 15.1 Å². The van der Waals surface area contributed by atoms with Crippen molar-refractivity contribution in [2.75, 3.05) is 7.11 Å². The van der Waals surface area contributed by atoms with Crippen LogP contribution in [0.5, 0.6) is 0 Å². The van der Waals surface area contributed by atoms with Gasteiger partial charge in [-0.25, -0.2) is 4.98 Å². The number of carbonyl (C=O) groups is 1. The summed E-state index contributed by atoms with van der Waals surface area (Å²) >= 11 is 0. The summed E-state index contributed by atoms with van der Waals surface area (Å²) in [5.41, 5.74) is 3.37. The molecule has 0 radical (unpaired) electrons. The van der Waals surface area contributed by atoms with Crippen LogP contribution in [0.2, 0.25) is 0 Å². The first-order valence-electron chi connectivity index (χ1n) is 9.96. The molecule has 4 rings (SSSR count). The molecule has 0 N–H and O–H groups in total. The molecule has 1 aromatic heterocycles. The predicted molar refractivity (Wildman–Crippen MR) is 117 cm³/mol. The van der Waals surface area contributed by atoms with Crippen LogP contribution in [0.4, 0.5) is 0 Å². The Hall–Kier alpha value is -3.66. The van der Waals surface area contributed by atoms with Gasteiger partial charge in [-0.15, -0.1) is 0 Å². The highest BCUT2D eigenvalue weighted by molar-refractivity contribution is 5.76. The van der Waals surface area contributed by atoms with Crippen molar-refractivity contribution >= 4 is 5.97 Å². The molecule has 0 unspecified atom stereocenters. The van der Waals surface area contributed by atoms with Crippen LogP contribution >= 0.6 is 0 Å². The van der Waals surface area contributed by atoms with E-state index in [-0.39, 0.29) is 5.97 Å². The number of nitrogens with zero attached hydrogens (tertiary/aromatic N) is 2. The summed E-state index contributed by atoms with van der Waals surface area (Å²) in [6, 6.07) is 31.1. The SMILES string of the molecule is COC(=O)[C@H](C)c1cn(C(c2ccccc2)(c2ccccc2)c2ccccc2)cn1. The van der Waals surface area contributed by atoms with Crippen molar-refractivity contribution in [1.29, 1.82) is 0 Å². The average Bonchev–Trinajstić information content (AvgIpc) is 3.31. The van der Waals surface area contributed by atoms with Gasteiger partial charge in [0.25, 0.3) is 0 Å². The number of ether oxygens (including phenoxy) is 1. The van der Waals surface area contributed by atoms with E-state index in [4.69, 9.17) is 4.74 Å². The minimum Gasteiger partial charge on any atom is -0.469 e. The second-order valence-electron chi connectivity index (χ2n) is 7.26. The maximum absolute atomic E-state index is 12.1. The molecule has 0 saturated heterocycles. The fourth-order valence-electron chi connectivity index (χ4n) is 4.03. The smallest absolute Gasteiger partial charge is 0.314 e. The quantitative estimate of drug-likeness (QED) is 0.340. The number of carbonyl (C=O) groups excluding carboxylic acids is 1. The Morgan fingerprint density at radius 1 is 0.833 bits per heavy atom. The van der Waals surface area contributed by atoms with Crippen LogP contribution in [0.3, 0.4) is 0 Å². The minimum atomic E-state index is -0.634. The lowest BCUT2D eigenvalue weighted by atomic mass is 9.76. The van der Waals surface area contributed by atoms with E-state index in [0.29, 0.717) is 5.69 Å². The zero-order chi connectivity index (χ0) is 21.0. The fraction of sp³-hybridized carbons (Fsp3) is 0.154. The van der Waals surface area contributed by atoms with Crippen molar-refractivity contribution in [3.63, 3.8) is 0 Å². The highest BCUT2D eigenvalue weighted by Gasteiger charge is 2.38. The van der Waals surface area contributed by atoms with Crippen molar-refractivity contribution in [2.45, 2.75) is 18.4 Å². The lowest BCUT2D eigenvalue weighted by Gasteiger charge is -2.37. The van der Waals surface area contributed by atoms with E-state index in [0.717, 1.165) is 16.7 Å². The molecule has 0 saturated carbocycles. The zero-order valence-corrected chi connectivity index (χ0v) is 17.1. The highest BCUT2D eigenvalue weighted by atomic mass is 16.5. The van der Waals surface area contributed by atoms with Crippen molar-refractivity contribution in [1.82, 2.24) is 9.55 Å². The molecule has 1 atom stereocenters. The predicted octanol–water partition coefficient (Wildman–Crippen LogP) is 5.00. The first kappa shape index (κ1) is 19.6. The molecule has 0 amide bonds. The molecule has 0 fully saturated rings. The molecule has 4 aromatic rings. The molecule has 0 aliphatic rings. The number of hydrogen-bond donors (Lipinski definition) is 0. The van der Waals surface area contributed by atoms with Crippen LogP contribution in [-0.4, -0.2) is 22.6 Å². The summed E-state index contributed by atoms with van der Waals surface area (Å²) in [4.78, 5) is 16.7. The molecular weight excluding hydrogens is 372 g/mol. The molecule has 0 spiro atoms. The molecule has 30 heavy (non-hydrogen) atoms. The van der Waals surface area contributed by atoms with Crippen LogP contribution in [0, 0.1) is 0 Å². The standard InChI is InChI=1S/C26H24N2O2/c1-20(25(29)30-2)24-18-28(19-27-24)26(21-12-6-3-7-13-21,22-14-8-4-9-15-22)23-16-10-5-11-17-23/h3-20H,1-2H3/t20-/m1/s1. The molecule has 0 aliphatic carbocycles. The van der Waals surface area contributed by atoms with Crippen LogP contribution in [0.15, 0.2) is 104 Å². The maximum atomic E-state index is 12.1. The summed E-state index contributed by atoms with van der Waals surface area (Å²) < 4.78 is 7.03. The van der Waals surface area contributed by atoms with E-state index in [1.54, 1.807) is 0 Å². The number of hydrogen-bond acceptors (Lipinski definition) is 3. The summed E-state index contributed by atoms with van der Waals surface area (Å²) in [7, 11) is 1.40. The van der Waals surface area contributed by atoms with Gasteiger partial charge >= 0.3 is 5.97 Å². The second kappa shape index (κ2) is 8.37. The van der Waals surface area contributed by atoms with Gasteiger partial charge in [0.15, 0.2) is 0 Å². The fourth-order valence-corrected chi connectivity index (χ4v) is 4.03. The van der Waals surface area contributed by atoms with Crippen LogP contribution in [0.1, 0.15) is 35.2 Å². The number of imidazole rings is 1. The third-order valence-electron chi connectivity index (χ3n) is 5.56. The van der Waals surface area contributed by atoms with Crippen molar-refractivity contribution in [3.05, 3.63) is 126 Å². The van der Waals surface area contributed by atoms with Gasteiger partial charge in [0.2, 0.25) is 0 Å². The topological polar surface area (TPSA) is 44.1 Å². The molecule has 1 heterocycles. The van der Waals surface area contributed by atoms with E-state index < -0.39 is 11.5 Å². The molecule has 150 valence electrons. The summed E-state index contributed by atoms with van der Waals surface area (Å²) in [5, 5.41) is 0. The van der Waals surface area contributed by atoms with E-state index >= 15 is 0 Å². The molecule has 4 heteroatoms. The van der Waals surface area contributed by atoms with Gasteiger partial charge in [-0.2, -0.15) is 0 Å². The van der Waals surface area contributed by atoms with Crippen molar-refractivity contribution in [2.24, 2.45) is 0 Å². The molecule has 3 aromatic carbocycles. The third-order valence-corrected chi connectivity index (χ3v) is 5.56. The van der Waals surface area contributed by atoms with Gasteiger partial charge in [0.05, 0.1) is 25.0 Å². The molecule has 4 nitrogen and oxygen atoms in total. The summed E-state index contributed by atoms with van der Waals surface area (Å²) in [5.74, 6) is -0.749. The first-order chi connectivity index (χ1) is 14.7.